The molecule has 3 heterocycles. The maximum atomic E-state index is 14.1. The first-order chi connectivity index (χ1) is 14.1. The highest BCUT2D eigenvalue weighted by Crippen LogP contribution is 2.38. The number of aliphatic hydroxyl groups excluding tert-OH is 1. The van der Waals surface area contributed by atoms with Crippen molar-refractivity contribution in [1.29, 1.82) is 0 Å². The summed E-state index contributed by atoms with van der Waals surface area (Å²) in [5.41, 5.74) is 3.20. The predicted molar refractivity (Wildman–Crippen MR) is 110 cm³/mol. The van der Waals surface area contributed by atoms with Crippen molar-refractivity contribution in [3.63, 3.8) is 0 Å². The fraction of sp³-hybridized carbons (Fsp3) is 0.381. The molecule has 5 rings (SSSR count). The van der Waals surface area contributed by atoms with Crippen molar-refractivity contribution in [3.05, 3.63) is 53.4 Å². The number of hydrogen-bond donors (Lipinski definition) is 2. The zero-order chi connectivity index (χ0) is 20.0. The molecule has 1 aliphatic heterocycles. The molecule has 29 heavy (non-hydrogen) atoms. The van der Waals surface area contributed by atoms with E-state index in [2.05, 4.69) is 15.3 Å². The van der Waals surface area contributed by atoms with Gasteiger partial charge in [-0.05, 0) is 55.0 Å². The first-order valence-corrected chi connectivity index (χ1v) is 10.6. The highest BCUT2D eigenvalue weighted by atomic mass is 32.1. The molecule has 2 aliphatic rings. The Morgan fingerprint density at radius 1 is 1.21 bits per heavy atom. The zero-order valence-corrected chi connectivity index (χ0v) is 16.5. The van der Waals surface area contributed by atoms with Crippen LogP contribution in [0.25, 0.3) is 10.2 Å². The molecule has 2 N–H and O–H groups in total. The van der Waals surface area contributed by atoms with Gasteiger partial charge in [0.15, 0.2) is 11.6 Å². The molecule has 2 fully saturated rings. The van der Waals surface area contributed by atoms with Gasteiger partial charge in [0.2, 0.25) is 0 Å². The Morgan fingerprint density at radius 2 is 2.03 bits per heavy atom. The number of anilines is 1. The number of nitrogens with one attached hydrogen (secondary N) is 1. The topological polar surface area (TPSA) is 78.4 Å². The number of hydrogen-bond acceptors (Lipinski definition) is 6. The molecule has 2 aromatic heterocycles. The molecule has 8 heteroatoms. The van der Waals surface area contributed by atoms with Crippen molar-refractivity contribution in [2.75, 3.05) is 18.0 Å². The number of pyridine rings is 1. The number of nitrogens with zero attached hydrogens (tertiary/aromatic N) is 3. The molecule has 0 bridgehead atoms. The minimum Gasteiger partial charge on any atom is -0.391 e. The van der Waals surface area contributed by atoms with Crippen LogP contribution in [0.5, 0.6) is 0 Å². The van der Waals surface area contributed by atoms with E-state index in [0.717, 1.165) is 10.2 Å². The predicted octanol–water partition coefficient (Wildman–Crippen LogP) is 2.84. The molecule has 1 amide bonds. The summed E-state index contributed by atoms with van der Waals surface area (Å²) < 4.78 is 15.1. The molecule has 1 aliphatic carbocycles. The van der Waals surface area contributed by atoms with Crippen LogP contribution in [-0.2, 0) is 0 Å². The number of carbonyl (C=O) groups is 1. The van der Waals surface area contributed by atoms with Gasteiger partial charge in [-0.3, -0.25) is 4.79 Å². The normalized spacial score (nSPS) is 26.5. The first kappa shape index (κ1) is 18.4. The second kappa shape index (κ2) is 7.35. The van der Waals surface area contributed by atoms with Gasteiger partial charge >= 0.3 is 0 Å². The summed E-state index contributed by atoms with van der Waals surface area (Å²) in [5, 5.41) is 13.6. The summed E-state index contributed by atoms with van der Waals surface area (Å²) in [6, 6.07) is 8.13. The van der Waals surface area contributed by atoms with Crippen LogP contribution in [0.2, 0.25) is 0 Å². The maximum Gasteiger partial charge on any atom is 0.251 e. The molecule has 0 radical (unpaired) electrons. The Hall–Kier alpha value is -2.58. The molecule has 3 aromatic rings. The first-order valence-electron chi connectivity index (χ1n) is 9.76. The summed E-state index contributed by atoms with van der Waals surface area (Å²) >= 11 is 1.49. The monoisotopic (exact) mass is 412 g/mol. The Morgan fingerprint density at radius 3 is 2.86 bits per heavy atom. The highest BCUT2D eigenvalue weighted by molar-refractivity contribution is 7.16. The number of carbonyl (C=O) groups excluding carboxylic acids is 1. The molecular formula is C21H21FN4O2S. The number of halogens is 1. The second-order valence-electron chi connectivity index (χ2n) is 7.89. The summed E-state index contributed by atoms with van der Waals surface area (Å²) in [4.78, 5) is 23.1. The third-order valence-corrected chi connectivity index (χ3v) is 6.88. The zero-order valence-electron chi connectivity index (χ0n) is 15.7. The Kier molecular flexibility index (Phi) is 4.67. The van der Waals surface area contributed by atoms with Crippen LogP contribution in [0.15, 0.2) is 42.0 Å². The second-order valence-corrected chi connectivity index (χ2v) is 8.77. The third kappa shape index (κ3) is 3.47. The van der Waals surface area contributed by atoms with Gasteiger partial charge in [-0.2, -0.15) is 0 Å². The minimum absolute atomic E-state index is 0.187. The third-order valence-electron chi connectivity index (χ3n) is 6.09. The van der Waals surface area contributed by atoms with Crippen molar-refractivity contribution < 1.29 is 14.3 Å². The SMILES string of the molecule is O=C(N[C@H]1C[C@H]2CN(c3ncccc3F)C[C@H]2C[C@@H]1O)c1ccc2ncsc2c1. The van der Waals surface area contributed by atoms with E-state index in [1.54, 1.807) is 23.8 Å². The van der Waals surface area contributed by atoms with Crippen molar-refractivity contribution in [2.24, 2.45) is 11.8 Å². The number of amides is 1. The van der Waals surface area contributed by atoms with E-state index in [1.807, 2.05) is 17.0 Å². The largest absolute Gasteiger partial charge is 0.391 e. The van der Waals surface area contributed by atoms with E-state index in [1.165, 1.54) is 17.4 Å². The molecule has 6 nitrogen and oxygen atoms in total. The van der Waals surface area contributed by atoms with E-state index in [-0.39, 0.29) is 29.6 Å². The summed E-state index contributed by atoms with van der Waals surface area (Å²) in [7, 11) is 0. The fourth-order valence-electron chi connectivity index (χ4n) is 4.62. The molecule has 0 unspecified atom stereocenters. The number of aliphatic hydroxyl groups is 1. The number of aromatic nitrogens is 2. The van der Waals surface area contributed by atoms with Crippen molar-refractivity contribution >= 4 is 33.3 Å². The highest BCUT2D eigenvalue weighted by Gasteiger charge is 2.43. The van der Waals surface area contributed by atoms with Crippen LogP contribution < -0.4 is 10.2 Å². The van der Waals surface area contributed by atoms with Gasteiger partial charge in [-0.1, -0.05) is 0 Å². The van der Waals surface area contributed by atoms with Crippen LogP contribution in [0.3, 0.4) is 0 Å². The smallest absolute Gasteiger partial charge is 0.251 e. The minimum atomic E-state index is -0.610. The van der Waals surface area contributed by atoms with Crippen LogP contribution in [0, 0.1) is 17.7 Å². The average molecular weight is 412 g/mol. The lowest BCUT2D eigenvalue weighted by Gasteiger charge is -2.35. The lowest BCUT2D eigenvalue weighted by Crippen LogP contribution is -2.49. The van der Waals surface area contributed by atoms with Gasteiger partial charge in [0, 0.05) is 24.8 Å². The van der Waals surface area contributed by atoms with Crippen molar-refractivity contribution in [3.8, 4) is 0 Å². The van der Waals surface area contributed by atoms with Crippen LogP contribution in [-0.4, -0.2) is 46.2 Å². The van der Waals surface area contributed by atoms with Crippen LogP contribution in [0.4, 0.5) is 10.2 Å². The molecule has 1 saturated heterocycles. The number of fused-ring (bicyclic) bond motifs is 2. The summed E-state index contributed by atoms with van der Waals surface area (Å²) in [6.45, 7) is 1.36. The Bertz CT molecular complexity index is 1060. The van der Waals surface area contributed by atoms with Crippen molar-refractivity contribution in [2.45, 2.75) is 25.0 Å². The maximum absolute atomic E-state index is 14.1. The van der Waals surface area contributed by atoms with Gasteiger partial charge in [-0.25, -0.2) is 14.4 Å². The van der Waals surface area contributed by atoms with Crippen LogP contribution in [0.1, 0.15) is 23.2 Å². The van der Waals surface area contributed by atoms with Gasteiger partial charge < -0.3 is 15.3 Å². The number of benzene rings is 1. The fourth-order valence-corrected chi connectivity index (χ4v) is 5.33. The Balaban J connectivity index is 1.28. The number of rotatable bonds is 3. The molecular weight excluding hydrogens is 391 g/mol. The molecule has 0 spiro atoms. The van der Waals surface area contributed by atoms with Gasteiger partial charge in [0.25, 0.3) is 5.91 Å². The average Bonchev–Trinajstić information content (AvgIpc) is 3.34. The molecule has 1 saturated carbocycles. The van der Waals surface area contributed by atoms with Crippen molar-refractivity contribution in [1.82, 2.24) is 15.3 Å². The molecule has 150 valence electrons. The van der Waals surface area contributed by atoms with Gasteiger partial charge in [0.1, 0.15) is 0 Å². The van der Waals surface area contributed by atoms with E-state index >= 15 is 0 Å². The number of thiazole rings is 1. The van der Waals surface area contributed by atoms with E-state index in [0.29, 0.717) is 37.3 Å². The standard InChI is InChI=1S/C21H21FN4O2S/c22-15-2-1-5-23-20(15)26-9-13-6-17(18(27)7-14(13)10-26)25-21(28)12-3-4-16-19(8-12)29-11-24-16/h1-5,8,11,13-14,17-18,27H,6-7,9-10H2,(H,25,28)/t13-,14+,17-,18-/m0/s1. The van der Waals surface area contributed by atoms with Gasteiger partial charge in [-0.15, -0.1) is 11.3 Å². The summed E-state index contributed by atoms with van der Waals surface area (Å²) in [6.07, 6.45) is 2.25. The van der Waals surface area contributed by atoms with Gasteiger partial charge in [0.05, 0.1) is 27.9 Å². The van der Waals surface area contributed by atoms with Crippen LogP contribution >= 0.6 is 11.3 Å². The quantitative estimate of drug-likeness (QED) is 0.692. The lowest BCUT2D eigenvalue weighted by molar-refractivity contribution is 0.0462. The van der Waals surface area contributed by atoms with E-state index < -0.39 is 6.10 Å². The Labute approximate surface area is 171 Å². The lowest BCUT2D eigenvalue weighted by atomic mass is 9.77. The molecule has 4 atom stereocenters. The van der Waals surface area contributed by atoms with E-state index in [9.17, 15) is 14.3 Å². The summed E-state index contributed by atoms with van der Waals surface area (Å²) in [5.74, 6) is 0.417. The molecule has 1 aromatic carbocycles. The van der Waals surface area contributed by atoms with E-state index in [4.69, 9.17) is 0 Å².